The topological polar surface area (TPSA) is 105 Å². The molecular weight excluding hydrogens is 556 g/mol. The van der Waals surface area contributed by atoms with Gasteiger partial charge in [-0.3, -0.25) is 14.4 Å². The summed E-state index contributed by atoms with van der Waals surface area (Å²) in [6, 6.07) is 27.6. The van der Waals surface area contributed by atoms with Gasteiger partial charge in [0, 0.05) is 30.3 Å². The Morgan fingerprint density at radius 1 is 0.795 bits per heavy atom. The van der Waals surface area contributed by atoms with Crippen molar-refractivity contribution in [3.05, 3.63) is 119 Å². The number of carbonyl (C=O) groups excluding carboxylic acids is 2. The van der Waals surface area contributed by atoms with E-state index in [1.54, 1.807) is 49.5 Å². The van der Waals surface area contributed by atoms with E-state index in [1.807, 2.05) is 74.5 Å². The summed E-state index contributed by atoms with van der Waals surface area (Å²) in [7, 11) is 3.14. The van der Waals surface area contributed by atoms with Gasteiger partial charge in [0.2, 0.25) is 0 Å². The van der Waals surface area contributed by atoms with E-state index in [4.69, 9.17) is 9.47 Å². The molecule has 0 heterocycles. The molecule has 1 atom stereocenters. The fourth-order valence-electron chi connectivity index (χ4n) is 5.02. The van der Waals surface area contributed by atoms with Gasteiger partial charge >= 0.3 is 5.97 Å². The van der Waals surface area contributed by atoms with E-state index in [1.165, 1.54) is 0 Å². The number of aryl methyl sites for hydroxylation is 1. The Kier molecular flexibility index (Phi) is 10.8. The molecule has 0 bridgehead atoms. The van der Waals surface area contributed by atoms with Crippen LogP contribution >= 0.6 is 0 Å². The van der Waals surface area contributed by atoms with Crippen molar-refractivity contribution in [1.82, 2.24) is 10.2 Å². The number of nitrogens with one attached hydrogen (secondary N) is 1. The summed E-state index contributed by atoms with van der Waals surface area (Å²) in [6.45, 7) is 4.24. The van der Waals surface area contributed by atoms with Crippen LogP contribution in [0.3, 0.4) is 0 Å². The maximum absolute atomic E-state index is 14.1. The molecule has 2 amide bonds. The number of hydrogen-bond acceptors (Lipinski definition) is 5. The predicted molar refractivity (Wildman–Crippen MR) is 170 cm³/mol. The molecule has 0 radical (unpaired) electrons. The first-order chi connectivity index (χ1) is 21.2. The number of aliphatic carboxylic acids is 1. The molecule has 44 heavy (non-hydrogen) atoms. The van der Waals surface area contributed by atoms with E-state index in [2.05, 4.69) is 5.32 Å². The zero-order valence-electron chi connectivity index (χ0n) is 25.5. The SMILES string of the molecule is COc1cc(CCN(CCC(=O)O)C(=O)c2ccccc2-c2ccccc2C(=O)N[C@H](C)c2ccc(C)cc2)cc(OC)c1. The molecule has 0 aromatic heterocycles. The molecular formula is C36H38N2O6. The zero-order valence-corrected chi connectivity index (χ0v) is 25.5. The molecule has 4 aromatic carbocycles. The van der Waals surface area contributed by atoms with Crippen LogP contribution in [0.15, 0.2) is 91.0 Å². The highest BCUT2D eigenvalue weighted by Crippen LogP contribution is 2.29. The lowest BCUT2D eigenvalue weighted by atomic mass is 9.94. The number of rotatable bonds is 13. The summed E-state index contributed by atoms with van der Waals surface area (Å²) in [6.07, 6.45) is 0.252. The van der Waals surface area contributed by atoms with Crippen LogP contribution in [0.2, 0.25) is 0 Å². The van der Waals surface area contributed by atoms with Gasteiger partial charge in [-0.2, -0.15) is 0 Å². The summed E-state index contributed by atoms with van der Waals surface area (Å²) in [5.74, 6) is -0.325. The van der Waals surface area contributed by atoms with Crippen molar-refractivity contribution in [1.29, 1.82) is 0 Å². The maximum atomic E-state index is 14.1. The van der Waals surface area contributed by atoms with Crippen LogP contribution in [0.25, 0.3) is 11.1 Å². The van der Waals surface area contributed by atoms with Crippen LogP contribution in [0.4, 0.5) is 0 Å². The van der Waals surface area contributed by atoms with Crippen LogP contribution in [0.1, 0.15) is 56.8 Å². The van der Waals surface area contributed by atoms with Crippen molar-refractivity contribution in [2.24, 2.45) is 0 Å². The number of nitrogens with zero attached hydrogens (tertiary/aromatic N) is 1. The van der Waals surface area contributed by atoms with Crippen LogP contribution in [0, 0.1) is 6.92 Å². The first kappa shape index (κ1) is 31.8. The van der Waals surface area contributed by atoms with Gasteiger partial charge in [0.15, 0.2) is 0 Å². The molecule has 0 aliphatic rings. The summed E-state index contributed by atoms with van der Waals surface area (Å²) in [5.41, 5.74) is 5.03. The summed E-state index contributed by atoms with van der Waals surface area (Å²) >= 11 is 0. The zero-order chi connectivity index (χ0) is 31.6. The first-order valence-electron chi connectivity index (χ1n) is 14.5. The first-order valence-corrected chi connectivity index (χ1v) is 14.5. The minimum absolute atomic E-state index is 0.0276. The van der Waals surface area contributed by atoms with Gasteiger partial charge in [-0.15, -0.1) is 0 Å². The van der Waals surface area contributed by atoms with Gasteiger partial charge < -0.3 is 24.8 Å². The largest absolute Gasteiger partial charge is 0.497 e. The van der Waals surface area contributed by atoms with Crippen LogP contribution in [-0.4, -0.2) is 55.1 Å². The molecule has 0 spiro atoms. The Balaban J connectivity index is 1.63. The van der Waals surface area contributed by atoms with Crippen molar-refractivity contribution >= 4 is 17.8 Å². The number of benzene rings is 4. The highest BCUT2D eigenvalue weighted by atomic mass is 16.5. The molecule has 0 aliphatic heterocycles. The van der Waals surface area contributed by atoms with Crippen LogP contribution in [-0.2, 0) is 11.2 Å². The normalized spacial score (nSPS) is 11.4. The Morgan fingerprint density at radius 2 is 1.36 bits per heavy atom. The Hall–Kier alpha value is -5.11. The fraction of sp³-hybridized carbons (Fsp3) is 0.250. The second-order valence-corrected chi connectivity index (χ2v) is 10.6. The summed E-state index contributed by atoms with van der Waals surface area (Å²) in [5, 5.41) is 12.5. The number of carbonyl (C=O) groups is 3. The van der Waals surface area contributed by atoms with Gasteiger partial charge in [-0.25, -0.2) is 0 Å². The number of methoxy groups -OCH3 is 2. The molecule has 8 nitrogen and oxygen atoms in total. The van der Waals surface area contributed by atoms with E-state index in [0.717, 1.165) is 16.7 Å². The third-order valence-corrected chi connectivity index (χ3v) is 7.51. The maximum Gasteiger partial charge on any atom is 0.305 e. The van der Waals surface area contributed by atoms with E-state index in [-0.39, 0.29) is 37.4 Å². The molecule has 0 saturated carbocycles. The van der Waals surface area contributed by atoms with Crippen molar-refractivity contribution in [3.8, 4) is 22.6 Å². The lowest BCUT2D eigenvalue weighted by Crippen LogP contribution is -2.35. The average molecular weight is 595 g/mol. The monoisotopic (exact) mass is 594 g/mol. The predicted octanol–water partition coefficient (Wildman–Crippen LogP) is 6.33. The molecule has 0 unspecified atom stereocenters. The number of ether oxygens (including phenoxy) is 2. The van der Waals surface area contributed by atoms with Crippen LogP contribution < -0.4 is 14.8 Å². The molecule has 228 valence electrons. The molecule has 0 aliphatic carbocycles. The van der Waals surface area contributed by atoms with Crippen molar-refractivity contribution < 1.29 is 29.0 Å². The van der Waals surface area contributed by atoms with Gasteiger partial charge in [0.1, 0.15) is 11.5 Å². The Bertz CT molecular complexity index is 1590. The van der Waals surface area contributed by atoms with Gasteiger partial charge in [0.05, 0.1) is 26.7 Å². The molecule has 0 fully saturated rings. The van der Waals surface area contributed by atoms with E-state index >= 15 is 0 Å². The number of hydrogen-bond donors (Lipinski definition) is 2. The fourth-order valence-corrected chi connectivity index (χ4v) is 5.02. The Morgan fingerprint density at radius 3 is 1.95 bits per heavy atom. The third kappa shape index (κ3) is 8.04. The van der Waals surface area contributed by atoms with Gasteiger partial charge in [0.25, 0.3) is 11.8 Å². The van der Waals surface area contributed by atoms with Crippen molar-refractivity contribution in [2.75, 3.05) is 27.3 Å². The minimum atomic E-state index is -0.996. The smallest absolute Gasteiger partial charge is 0.305 e. The Labute approximate surface area is 258 Å². The summed E-state index contributed by atoms with van der Waals surface area (Å²) < 4.78 is 10.8. The van der Waals surface area contributed by atoms with Crippen molar-refractivity contribution in [2.45, 2.75) is 32.7 Å². The summed E-state index contributed by atoms with van der Waals surface area (Å²) in [4.78, 5) is 40.7. The van der Waals surface area contributed by atoms with Gasteiger partial charge in [-0.1, -0.05) is 66.2 Å². The average Bonchev–Trinajstić information content (AvgIpc) is 3.04. The van der Waals surface area contributed by atoms with E-state index in [0.29, 0.717) is 40.2 Å². The molecule has 4 aromatic rings. The highest BCUT2D eigenvalue weighted by Gasteiger charge is 2.23. The number of carboxylic acid groups (broad SMARTS) is 1. The van der Waals surface area contributed by atoms with E-state index < -0.39 is 5.97 Å². The van der Waals surface area contributed by atoms with E-state index in [9.17, 15) is 19.5 Å². The van der Waals surface area contributed by atoms with Crippen molar-refractivity contribution in [3.63, 3.8) is 0 Å². The highest BCUT2D eigenvalue weighted by molar-refractivity contribution is 6.06. The third-order valence-electron chi connectivity index (χ3n) is 7.51. The quantitative estimate of drug-likeness (QED) is 0.187. The second kappa shape index (κ2) is 14.9. The van der Waals surface area contributed by atoms with Crippen LogP contribution in [0.5, 0.6) is 11.5 Å². The second-order valence-electron chi connectivity index (χ2n) is 10.6. The minimum Gasteiger partial charge on any atom is -0.497 e. The lowest BCUT2D eigenvalue weighted by molar-refractivity contribution is -0.137. The molecule has 0 saturated heterocycles. The lowest BCUT2D eigenvalue weighted by Gasteiger charge is -2.24. The number of carboxylic acids is 1. The molecule has 2 N–H and O–H groups in total. The number of amides is 2. The standard InChI is InChI=1S/C36H38N2O6/c1-24-13-15-27(16-14-24)25(2)37-35(41)32-11-7-5-9-30(32)31-10-6-8-12-33(31)36(42)38(20-18-34(39)40)19-17-26-21-28(43-3)23-29(22-26)44-4/h5-16,21-23,25H,17-20H2,1-4H3,(H,37,41)(H,39,40)/t25-/m1/s1. The van der Waals surface area contributed by atoms with Gasteiger partial charge in [-0.05, 0) is 66.8 Å². The molecule has 8 heteroatoms. The molecule has 4 rings (SSSR count).